The molecule has 3 atom stereocenters. The molecule has 0 aliphatic heterocycles. The van der Waals surface area contributed by atoms with Crippen LogP contribution in [0.25, 0.3) is 0 Å². The molecule has 3 unspecified atom stereocenters. The fourth-order valence-electron chi connectivity index (χ4n) is 2.82. The third-order valence-corrected chi connectivity index (χ3v) is 5.23. The highest BCUT2D eigenvalue weighted by molar-refractivity contribution is 7.98. The van der Waals surface area contributed by atoms with E-state index >= 15 is 0 Å². The summed E-state index contributed by atoms with van der Waals surface area (Å²) < 4.78 is 0. The van der Waals surface area contributed by atoms with Crippen LogP contribution in [-0.2, 0) is 19.2 Å². The summed E-state index contributed by atoms with van der Waals surface area (Å²) in [5.74, 6) is -2.44. The second kappa shape index (κ2) is 17.9. The van der Waals surface area contributed by atoms with E-state index in [0.29, 0.717) is 31.6 Å². The van der Waals surface area contributed by atoms with Gasteiger partial charge in [-0.15, -0.1) is 0 Å². The Balaban J connectivity index is 5.35. The van der Waals surface area contributed by atoms with E-state index in [1.165, 1.54) is 11.8 Å². The van der Waals surface area contributed by atoms with Crippen LogP contribution in [-0.4, -0.2) is 84.5 Å². The predicted octanol–water partition coefficient (Wildman–Crippen LogP) is -2.58. The summed E-state index contributed by atoms with van der Waals surface area (Å²) >= 11 is 1.46. The van der Waals surface area contributed by atoms with Crippen LogP contribution in [0.2, 0.25) is 0 Å². The van der Waals surface area contributed by atoms with E-state index in [2.05, 4.69) is 20.9 Å². The van der Waals surface area contributed by atoms with Crippen molar-refractivity contribution in [3.05, 3.63) is 0 Å². The molecule has 3 amide bonds. The van der Waals surface area contributed by atoms with Gasteiger partial charge in [0.2, 0.25) is 17.7 Å². The smallest absolute Gasteiger partial charge is 0.326 e. The maximum Gasteiger partial charge on any atom is 0.326 e. The van der Waals surface area contributed by atoms with Crippen molar-refractivity contribution in [2.75, 3.05) is 31.6 Å². The second-order valence-corrected chi connectivity index (χ2v) is 8.29. The molecule has 0 heterocycles. The number of nitrogens with two attached hydrogens (primary N) is 4. The number of amides is 3. The fourth-order valence-corrected chi connectivity index (χ4v) is 3.30. The second-order valence-electron chi connectivity index (χ2n) is 7.30. The van der Waals surface area contributed by atoms with Crippen molar-refractivity contribution in [2.24, 2.45) is 27.9 Å². The molecule has 0 saturated heterocycles. The number of nitrogens with zero attached hydrogens (tertiary/aromatic N) is 1. The first-order valence-corrected chi connectivity index (χ1v) is 12.1. The zero-order valence-corrected chi connectivity index (χ0v) is 19.9. The number of guanidine groups is 1. The van der Waals surface area contributed by atoms with Gasteiger partial charge in [0, 0.05) is 6.54 Å². The lowest BCUT2D eigenvalue weighted by molar-refractivity contribution is -0.142. The molecular formula is C19H38N8O5S. The third kappa shape index (κ3) is 14.2. The Bertz CT molecular complexity index is 660. The molecule has 0 bridgehead atoms. The lowest BCUT2D eigenvalue weighted by Crippen LogP contribution is -2.56. The van der Waals surface area contributed by atoms with Gasteiger partial charge in [-0.2, -0.15) is 11.8 Å². The summed E-state index contributed by atoms with van der Waals surface area (Å²) in [5, 5.41) is 17.0. The molecule has 12 N–H and O–H groups in total. The van der Waals surface area contributed by atoms with Crippen molar-refractivity contribution >= 4 is 41.4 Å². The van der Waals surface area contributed by atoms with Gasteiger partial charge < -0.3 is 44.0 Å². The maximum atomic E-state index is 12.9. The van der Waals surface area contributed by atoms with Crippen LogP contribution in [0, 0.1) is 0 Å². The van der Waals surface area contributed by atoms with Crippen molar-refractivity contribution < 1.29 is 24.3 Å². The summed E-state index contributed by atoms with van der Waals surface area (Å²) in [6, 6.07) is -3.03. The predicted molar refractivity (Wildman–Crippen MR) is 128 cm³/mol. The standard InChI is InChI=1S/C19H38N8O5S/c1-33-10-7-14(18(31)32)27-17(30)13(5-2-3-8-20)26-16(29)12(25-15(28)11-21)6-4-9-24-19(22)23/h12-14H,2-11,20-21H2,1H3,(H,25,28)(H,26,29)(H,27,30)(H,31,32)(H4,22,23,24). The number of carboxylic acids is 1. The number of hydrogen-bond donors (Lipinski definition) is 8. The Labute approximate surface area is 198 Å². The number of carbonyl (C=O) groups is 4. The Hall–Kier alpha value is -2.58. The molecule has 0 fully saturated rings. The number of carbonyl (C=O) groups excluding carboxylic acids is 3. The van der Waals surface area contributed by atoms with Crippen LogP contribution in [0.15, 0.2) is 4.99 Å². The molecule has 13 nitrogen and oxygen atoms in total. The van der Waals surface area contributed by atoms with E-state index in [-0.39, 0.29) is 38.3 Å². The van der Waals surface area contributed by atoms with E-state index in [4.69, 9.17) is 22.9 Å². The summed E-state index contributed by atoms with van der Waals surface area (Å²) in [5.41, 5.74) is 21.4. The van der Waals surface area contributed by atoms with Crippen LogP contribution < -0.4 is 38.9 Å². The minimum atomic E-state index is -1.16. The SMILES string of the molecule is CSCCC(NC(=O)C(CCCCN)NC(=O)C(CCCN=C(N)N)NC(=O)CN)C(=O)O. The molecule has 0 spiro atoms. The van der Waals surface area contributed by atoms with E-state index in [9.17, 15) is 24.3 Å². The number of carboxylic acid groups (broad SMARTS) is 1. The van der Waals surface area contributed by atoms with Crippen molar-refractivity contribution in [1.82, 2.24) is 16.0 Å². The quantitative estimate of drug-likeness (QED) is 0.0566. The Morgan fingerprint density at radius 1 is 0.879 bits per heavy atom. The summed E-state index contributed by atoms with van der Waals surface area (Å²) in [6.45, 7) is 0.350. The largest absolute Gasteiger partial charge is 0.480 e. The number of aliphatic imine (C=N–C) groups is 1. The number of rotatable bonds is 18. The van der Waals surface area contributed by atoms with Gasteiger partial charge in [-0.1, -0.05) is 0 Å². The molecule has 0 rings (SSSR count). The Morgan fingerprint density at radius 2 is 1.45 bits per heavy atom. The van der Waals surface area contributed by atoms with Gasteiger partial charge in [-0.25, -0.2) is 4.79 Å². The molecule has 33 heavy (non-hydrogen) atoms. The number of unbranched alkanes of at least 4 members (excludes halogenated alkanes) is 1. The van der Waals surface area contributed by atoms with Crippen molar-refractivity contribution in [3.63, 3.8) is 0 Å². The number of nitrogens with one attached hydrogen (secondary N) is 3. The van der Waals surface area contributed by atoms with Gasteiger partial charge in [0.25, 0.3) is 0 Å². The highest BCUT2D eigenvalue weighted by Crippen LogP contribution is 2.07. The first-order valence-electron chi connectivity index (χ1n) is 10.7. The lowest BCUT2D eigenvalue weighted by Gasteiger charge is -2.24. The van der Waals surface area contributed by atoms with Crippen molar-refractivity contribution in [3.8, 4) is 0 Å². The van der Waals surface area contributed by atoms with Gasteiger partial charge in [0.05, 0.1) is 6.54 Å². The normalized spacial score (nSPS) is 13.3. The summed E-state index contributed by atoms with van der Waals surface area (Å²) in [7, 11) is 0. The highest BCUT2D eigenvalue weighted by atomic mass is 32.2. The Kier molecular flexibility index (Phi) is 16.5. The van der Waals surface area contributed by atoms with Gasteiger partial charge in [-0.05, 0) is 57.1 Å². The van der Waals surface area contributed by atoms with Gasteiger partial charge in [0.1, 0.15) is 18.1 Å². The van der Waals surface area contributed by atoms with Crippen LogP contribution in [0.3, 0.4) is 0 Å². The molecule has 0 aliphatic rings. The zero-order chi connectivity index (χ0) is 25.2. The molecule has 190 valence electrons. The number of aliphatic carboxylic acids is 1. The number of hydrogen-bond acceptors (Lipinski definition) is 8. The molecule has 0 aromatic carbocycles. The summed E-state index contributed by atoms with van der Waals surface area (Å²) in [4.78, 5) is 52.8. The van der Waals surface area contributed by atoms with Crippen LogP contribution in [0.4, 0.5) is 0 Å². The summed E-state index contributed by atoms with van der Waals surface area (Å²) in [6.07, 6.45) is 4.10. The maximum absolute atomic E-state index is 12.9. The highest BCUT2D eigenvalue weighted by Gasteiger charge is 2.29. The van der Waals surface area contributed by atoms with Crippen molar-refractivity contribution in [2.45, 2.75) is 56.7 Å². The molecule has 0 saturated carbocycles. The molecule has 0 aromatic rings. The van der Waals surface area contributed by atoms with Crippen LogP contribution in [0.1, 0.15) is 38.5 Å². The average molecular weight is 491 g/mol. The van der Waals surface area contributed by atoms with Gasteiger partial charge in [0.15, 0.2) is 5.96 Å². The van der Waals surface area contributed by atoms with Gasteiger partial charge in [-0.3, -0.25) is 19.4 Å². The first kappa shape index (κ1) is 30.4. The van der Waals surface area contributed by atoms with Crippen LogP contribution in [0.5, 0.6) is 0 Å². The monoisotopic (exact) mass is 490 g/mol. The third-order valence-electron chi connectivity index (χ3n) is 4.59. The van der Waals surface area contributed by atoms with Crippen molar-refractivity contribution in [1.29, 1.82) is 0 Å². The van der Waals surface area contributed by atoms with Crippen LogP contribution >= 0.6 is 11.8 Å². The molecule has 0 aliphatic carbocycles. The zero-order valence-electron chi connectivity index (χ0n) is 19.0. The minimum Gasteiger partial charge on any atom is -0.480 e. The minimum absolute atomic E-state index is 0.0897. The molecule has 0 aromatic heterocycles. The number of thioether (sulfide) groups is 1. The molecular weight excluding hydrogens is 452 g/mol. The fraction of sp³-hybridized carbons (Fsp3) is 0.737. The van der Waals surface area contributed by atoms with E-state index < -0.39 is 41.8 Å². The van der Waals surface area contributed by atoms with Gasteiger partial charge >= 0.3 is 5.97 Å². The molecule has 0 radical (unpaired) electrons. The average Bonchev–Trinajstić information content (AvgIpc) is 2.77. The first-order chi connectivity index (χ1) is 15.7. The molecule has 14 heteroatoms. The lowest BCUT2D eigenvalue weighted by atomic mass is 10.1. The van der Waals surface area contributed by atoms with E-state index in [1.807, 2.05) is 6.26 Å². The van der Waals surface area contributed by atoms with E-state index in [1.54, 1.807) is 0 Å². The Morgan fingerprint density at radius 3 is 1.97 bits per heavy atom. The van der Waals surface area contributed by atoms with E-state index in [0.717, 1.165) is 0 Å². The topological polar surface area (TPSA) is 241 Å².